The fourth-order valence-corrected chi connectivity index (χ4v) is 1.36. The van der Waals surface area contributed by atoms with Gasteiger partial charge in [-0.2, -0.15) is 0 Å². The van der Waals surface area contributed by atoms with Gasteiger partial charge in [-0.05, 0) is 12.1 Å². The number of carboxylic acids is 1. The van der Waals surface area contributed by atoms with Gasteiger partial charge in [0.25, 0.3) is 5.69 Å². The van der Waals surface area contributed by atoms with Crippen LogP contribution in [0.2, 0.25) is 0 Å². The molecule has 2 unspecified atom stereocenters. The molecule has 1 aromatic carbocycles. The van der Waals surface area contributed by atoms with E-state index in [-0.39, 0.29) is 11.3 Å². The van der Waals surface area contributed by atoms with E-state index >= 15 is 0 Å². The van der Waals surface area contributed by atoms with Gasteiger partial charge >= 0.3 is 5.97 Å². The Labute approximate surface area is 101 Å². The van der Waals surface area contributed by atoms with Gasteiger partial charge in [0.05, 0.1) is 23.7 Å². The zero-order valence-corrected chi connectivity index (χ0v) is 9.31. The van der Waals surface area contributed by atoms with Crippen LogP contribution in [0, 0.1) is 10.1 Å². The Kier molecular flexibility index (Phi) is 4.18. The Bertz CT molecular complexity index is 473. The molecule has 8 heteroatoms. The number of benzene rings is 1. The molecule has 0 saturated carbocycles. The van der Waals surface area contributed by atoms with E-state index in [1.54, 1.807) is 0 Å². The fraction of sp³-hybridized carbons (Fsp3) is 0.300. The number of aliphatic carboxylic acids is 1. The number of nitrogens with zero attached hydrogens (tertiary/aromatic N) is 1. The molecular formula is C10H11NO7. The summed E-state index contributed by atoms with van der Waals surface area (Å²) >= 11 is 0. The first-order chi connectivity index (χ1) is 8.38. The summed E-state index contributed by atoms with van der Waals surface area (Å²) in [5, 5.41) is 38.1. The van der Waals surface area contributed by atoms with Crippen molar-refractivity contribution in [2.75, 3.05) is 7.11 Å². The van der Waals surface area contributed by atoms with Crippen LogP contribution in [0.25, 0.3) is 0 Å². The van der Waals surface area contributed by atoms with Gasteiger partial charge in [-0.25, -0.2) is 4.79 Å². The van der Waals surface area contributed by atoms with Crippen molar-refractivity contribution in [3.63, 3.8) is 0 Å². The Hall–Kier alpha value is -2.19. The number of carboxylic acid groups (broad SMARTS) is 1. The summed E-state index contributed by atoms with van der Waals surface area (Å²) in [4.78, 5) is 20.5. The molecule has 18 heavy (non-hydrogen) atoms. The second-order valence-electron chi connectivity index (χ2n) is 3.41. The highest BCUT2D eigenvalue weighted by Crippen LogP contribution is 2.30. The summed E-state index contributed by atoms with van der Waals surface area (Å²) < 4.78 is 4.78. The van der Waals surface area contributed by atoms with E-state index in [1.807, 2.05) is 0 Å². The summed E-state index contributed by atoms with van der Waals surface area (Å²) in [6.45, 7) is 0. The highest BCUT2D eigenvalue weighted by Gasteiger charge is 2.31. The molecule has 8 nitrogen and oxygen atoms in total. The molecule has 0 spiro atoms. The van der Waals surface area contributed by atoms with E-state index in [2.05, 4.69) is 0 Å². The zero-order valence-electron chi connectivity index (χ0n) is 9.31. The molecule has 1 aromatic rings. The minimum atomic E-state index is -2.14. The molecule has 0 aromatic heterocycles. The summed E-state index contributed by atoms with van der Waals surface area (Å²) in [5.41, 5.74) is -0.821. The van der Waals surface area contributed by atoms with E-state index in [9.17, 15) is 25.1 Å². The molecule has 0 aliphatic carbocycles. The normalized spacial score (nSPS) is 13.7. The minimum absolute atomic E-state index is 0.183. The molecule has 0 amide bonds. The Morgan fingerprint density at radius 1 is 1.44 bits per heavy atom. The highest BCUT2D eigenvalue weighted by atomic mass is 16.6. The van der Waals surface area contributed by atoms with Crippen LogP contribution in [0.3, 0.4) is 0 Å². The summed E-state index contributed by atoms with van der Waals surface area (Å²) in [7, 11) is 1.31. The molecule has 0 aliphatic rings. The number of aliphatic hydroxyl groups is 2. The lowest BCUT2D eigenvalue weighted by Gasteiger charge is -2.14. The molecule has 0 bridgehead atoms. The van der Waals surface area contributed by atoms with Gasteiger partial charge in [0.15, 0.2) is 6.10 Å². The molecule has 0 radical (unpaired) electrons. The van der Waals surface area contributed by atoms with Crippen molar-refractivity contribution in [2.24, 2.45) is 0 Å². The second kappa shape index (κ2) is 5.43. The van der Waals surface area contributed by atoms with Crippen molar-refractivity contribution in [1.29, 1.82) is 0 Å². The van der Waals surface area contributed by atoms with Crippen molar-refractivity contribution in [3.05, 3.63) is 33.9 Å². The van der Waals surface area contributed by atoms with Gasteiger partial charge in [0, 0.05) is 0 Å². The number of rotatable bonds is 5. The number of carbonyl (C=O) groups is 1. The van der Waals surface area contributed by atoms with Crippen molar-refractivity contribution in [1.82, 2.24) is 0 Å². The topological polar surface area (TPSA) is 130 Å². The first kappa shape index (κ1) is 13.9. The Morgan fingerprint density at radius 2 is 2.06 bits per heavy atom. The Balaban J connectivity index is 3.23. The average molecular weight is 257 g/mol. The van der Waals surface area contributed by atoms with Crippen molar-refractivity contribution in [2.45, 2.75) is 12.2 Å². The lowest BCUT2D eigenvalue weighted by atomic mass is 10.0. The number of ether oxygens (including phenoxy) is 1. The lowest BCUT2D eigenvalue weighted by Crippen LogP contribution is -2.27. The van der Waals surface area contributed by atoms with Crippen LogP contribution in [0.15, 0.2) is 18.2 Å². The third kappa shape index (κ3) is 2.73. The van der Waals surface area contributed by atoms with Crippen LogP contribution in [0.1, 0.15) is 11.7 Å². The number of nitro groups is 1. The van der Waals surface area contributed by atoms with Crippen LogP contribution < -0.4 is 4.74 Å². The summed E-state index contributed by atoms with van der Waals surface area (Å²) in [6.07, 6.45) is -4.04. The molecule has 3 N–H and O–H groups in total. The molecule has 1 rings (SSSR count). The second-order valence-corrected chi connectivity index (χ2v) is 3.41. The molecule has 0 heterocycles. The van der Waals surface area contributed by atoms with Crippen LogP contribution >= 0.6 is 0 Å². The molecule has 0 saturated heterocycles. The highest BCUT2D eigenvalue weighted by molar-refractivity contribution is 5.73. The van der Waals surface area contributed by atoms with Crippen molar-refractivity contribution in [3.8, 4) is 5.75 Å². The maximum Gasteiger partial charge on any atom is 0.335 e. The van der Waals surface area contributed by atoms with E-state index in [0.717, 1.165) is 12.1 Å². The number of methoxy groups -OCH3 is 1. The van der Waals surface area contributed by atoms with Crippen molar-refractivity contribution >= 4 is 11.7 Å². The Morgan fingerprint density at radius 3 is 2.50 bits per heavy atom. The first-order valence-electron chi connectivity index (χ1n) is 4.79. The maximum atomic E-state index is 10.8. The molecule has 0 fully saturated rings. The van der Waals surface area contributed by atoms with Gasteiger partial charge in [0.1, 0.15) is 11.9 Å². The van der Waals surface area contributed by atoms with Gasteiger partial charge in [0.2, 0.25) is 0 Å². The largest absolute Gasteiger partial charge is 0.497 e. The zero-order chi connectivity index (χ0) is 13.9. The fourth-order valence-electron chi connectivity index (χ4n) is 1.36. The quantitative estimate of drug-likeness (QED) is 0.503. The summed E-state index contributed by atoms with van der Waals surface area (Å²) in [5.74, 6) is -1.49. The maximum absolute atomic E-state index is 10.8. The standard InChI is InChI=1S/C10H11NO7/c1-18-5-2-3-6(7(4-5)11(16)17)8(12)9(13)10(14)15/h2-4,8-9,12-13H,1H3,(H,14,15). The molecule has 0 aliphatic heterocycles. The number of aliphatic hydroxyl groups excluding tert-OH is 2. The van der Waals surface area contributed by atoms with E-state index in [1.165, 1.54) is 13.2 Å². The van der Waals surface area contributed by atoms with Gasteiger partial charge in [-0.3, -0.25) is 10.1 Å². The smallest absolute Gasteiger partial charge is 0.335 e. The molecular weight excluding hydrogens is 246 g/mol. The van der Waals surface area contributed by atoms with Crippen LogP contribution in [0.5, 0.6) is 5.75 Å². The van der Waals surface area contributed by atoms with Crippen molar-refractivity contribution < 1.29 is 29.8 Å². The van der Waals surface area contributed by atoms with Crippen LogP contribution in [-0.4, -0.2) is 39.4 Å². The first-order valence-corrected chi connectivity index (χ1v) is 4.79. The monoisotopic (exact) mass is 257 g/mol. The lowest BCUT2D eigenvalue weighted by molar-refractivity contribution is -0.386. The van der Waals surface area contributed by atoms with Crippen LogP contribution in [-0.2, 0) is 4.79 Å². The number of hydrogen-bond acceptors (Lipinski definition) is 6. The van der Waals surface area contributed by atoms with Gasteiger partial charge < -0.3 is 20.1 Å². The molecule has 2 atom stereocenters. The number of hydrogen-bond donors (Lipinski definition) is 3. The predicted octanol–water partition coefficient (Wildman–Crippen LogP) is 0.0823. The third-order valence-corrected chi connectivity index (χ3v) is 2.31. The van der Waals surface area contributed by atoms with E-state index in [0.29, 0.717) is 0 Å². The summed E-state index contributed by atoms with van der Waals surface area (Å²) in [6, 6.07) is 3.49. The van der Waals surface area contributed by atoms with E-state index in [4.69, 9.17) is 9.84 Å². The van der Waals surface area contributed by atoms with Gasteiger partial charge in [-0.1, -0.05) is 0 Å². The SMILES string of the molecule is COc1ccc(C(O)C(O)C(=O)O)c([N+](=O)[O-])c1. The average Bonchev–Trinajstić information content (AvgIpc) is 2.35. The third-order valence-electron chi connectivity index (χ3n) is 2.31. The minimum Gasteiger partial charge on any atom is -0.497 e. The predicted molar refractivity (Wildman–Crippen MR) is 58.3 cm³/mol. The molecule has 98 valence electrons. The number of nitro benzene ring substituents is 1. The van der Waals surface area contributed by atoms with Gasteiger partial charge in [-0.15, -0.1) is 0 Å². The van der Waals surface area contributed by atoms with E-state index < -0.39 is 28.8 Å². The van der Waals surface area contributed by atoms with Crippen LogP contribution in [0.4, 0.5) is 5.69 Å².